The van der Waals surface area contributed by atoms with Crippen LogP contribution in [0.15, 0.2) is 60.0 Å². The number of carbonyl (C=O) groups excluding carboxylic acids is 2. The minimum atomic E-state index is -0.460. The summed E-state index contributed by atoms with van der Waals surface area (Å²) in [6.07, 6.45) is -0.390. The monoisotopic (exact) mass is 524 g/mol. The number of hydrogen-bond donors (Lipinski definition) is 0. The van der Waals surface area contributed by atoms with Gasteiger partial charge in [0.15, 0.2) is 11.5 Å². The molecule has 2 heterocycles. The highest BCUT2D eigenvalue weighted by atomic mass is 32.1. The standard InChI is InChI=1S/C28H32N2O6S/c1-5-35-27(31)29(17-20-10-7-6-8-11-20)23-14-19(2)30(28(32)36-18-21-12-9-13-37-21)24-16-26(34-4)25(33-3)15-22(23)24/h6-13,15-16,19,23H,5,14,17-18H2,1-4H3/t19-,23+/m1/s1. The SMILES string of the molecule is CCOC(=O)N(Cc1ccccc1)[C@H]1C[C@@H](C)N(C(=O)OCc2cccs2)c2cc(OC)c(OC)cc21. The zero-order valence-electron chi connectivity index (χ0n) is 21.5. The largest absolute Gasteiger partial charge is 0.493 e. The number of fused-ring (bicyclic) bond motifs is 1. The summed E-state index contributed by atoms with van der Waals surface area (Å²) in [5, 5.41) is 1.94. The van der Waals surface area contributed by atoms with Crippen molar-refractivity contribution in [2.75, 3.05) is 25.7 Å². The number of thiophene rings is 1. The van der Waals surface area contributed by atoms with Crippen LogP contribution in [-0.4, -0.2) is 44.0 Å². The lowest BCUT2D eigenvalue weighted by Crippen LogP contribution is -2.47. The Balaban J connectivity index is 1.75. The molecule has 3 aromatic rings. The van der Waals surface area contributed by atoms with Crippen molar-refractivity contribution in [3.8, 4) is 11.5 Å². The van der Waals surface area contributed by atoms with Crippen molar-refractivity contribution in [1.29, 1.82) is 0 Å². The Morgan fingerprint density at radius 1 is 1.03 bits per heavy atom. The molecule has 0 bridgehead atoms. The van der Waals surface area contributed by atoms with Crippen LogP contribution >= 0.6 is 11.3 Å². The van der Waals surface area contributed by atoms with E-state index in [0.717, 1.165) is 16.0 Å². The zero-order chi connectivity index (χ0) is 26.4. The molecule has 0 spiro atoms. The third kappa shape index (κ3) is 5.83. The Labute approximate surface area is 221 Å². The van der Waals surface area contributed by atoms with E-state index in [1.165, 1.54) is 11.3 Å². The van der Waals surface area contributed by atoms with Crippen LogP contribution in [0.4, 0.5) is 15.3 Å². The molecule has 0 saturated heterocycles. The molecule has 2 atom stereocenters. The Hall–Kier alpha value is -3.72. The zero-order valence-corrected chi connectivity index (χ0v) is 22.3. The van der Waals surface area contributed by atoms with E-state index in [0.29, 0.717) is 30.2 Å². The van der Waals surface area contributed by atoms with Gasteiger partial charge in [0.1, 0.15) is 6.61 Å². The lowest BCUT2D eigenvalue weighted by atomic mass is 9.90. The van der Waals surface area contributed by atoms with E-state index >= 15 is 0 Å². The van der Waals surface area contributed by atoms with Crippen molar-refractivity contribution in [3.05, 3.63) is 76.0 Å². The average Bonchev–Trinajstić information content (AvgIpc) is 3.44. The highest BCUT2D eigenvalue weighted by Crippen LogP contribution is 2.46. The second-order valence-electron chi connectivity index (χ2n) is 8.68. The first-order valence-electron chi connectivity index (χ1n) is 12.2. The van der Waals surface area contributed by atoms with E-state index in [1.54, 1.807) is 37.0 Å². The molecule has 1 aliphatic heterocycles. The van der Waals surface area contributed by atoms with E-state index in [1.807, 2.05) is 60.8 Å². The molecule has 0 saturated carbocycles. The average molecular weight is 525 g/mol. The van der Waals surface area contributed by atoms with Gasteiger partial charge >= 0.3 is 12.2 Å². The van der Waals surface area contributed by atoms with Gasteiger partial charge in [0.05, 0.1) is 32.6 Å². The number of ether oxygens (including phenoxy) is 4. The third-order valence-corrected chi connectivity index (χ3v) is 7.20. The van der Waals surface area contributed by atoms with Crippen molar-refractivity contribution in [3.63, 3.8) is 0 Å². The molecular formula is C28H32N2O6S. The van der Waals surface area contributed by atoms with Gasteiger partial charge in [-0.15, -0.1) is 11.3 Å². The maximum atomic E-state index is 13.4. The number of anilines is 1. The van der Waals surface area contributed by atoms with Crippen molar-refractivity contribution in [2.24, 2.45) is 0 Å². The van der Waals surface area contributed by atoms with Crippen LogP contribution in [0.5, 0.6) is 11.5 Å². The first-order chi connectivity index (χ1) is 18.0. The molecule has 0 fully saturated rings. The molecule has 2 aromatic carbocycles. The molecule has 196 valence electrons. The molecule has 8 nitrogen and oxygen atoms in total. The Morgan fingerprint density at radius 2 is 1.76 bits per heavy atom. The van der Waals surface area contributed by atoms with Crippen LogP contribution in [0, 0.1) is 0 Å². The van der Waals surface area contributed by atoms with Gasteiger partial charge in [-0.3, -0.25) is 9.80 Å². The first-order valence-corrected chi connectivity index (χ1v) is 13.1. The highest BCUT2D eigenvalue weighted by Gasteiger charge is 2.40. The van der Waals surface area contributed by atoms with E-state index in [4.69, 9.17) is 18.9 Å². The van der Waals surface area contributed by atoms with Crippen LogP contribution in [0.3, 0.4) is 0 Å². The topological polar surface area (TPSA) is 77.5 Å². The van der Waals surface area contributed by atoms with Gasteiger partial charge in [0.2, 0.25) is 0 Å². The van der Waals surface area contributed by atoms with Crippen LogP contribution in [0.1, 0.15) is 42.3 Å². The van der Waals surface area contributed by atoms with Crippen molar-refractivity contribution in [2.45, 2.75) is 45.5 Å². The van der Waals surface area contributed by atoms with Crippen molar-refractivity contribution in [1.82, 2.24) is 4.90 Å². The predicted octanol–water partition coefficient (Wildman–Crippen LogP) is 6.40. The Kier molecular flexibility index (Phi) is 8.55. The van der Waals surface area contributed by atoms with Gasteiger partial charge in [0.25, 0.3) is 0 Å². The summed E-state index contributed by atoms with van der Waals surface area (Å²) >= 11 is 1.53. The van der Waals surface area contributed by atoms with Crippen LogP contribution in [-0.2, 0) is 22.6 Å². The molecule has 0 N–H and O–H groups in total. The molecule has 37 heavy (non-hydrogen) atoms. The summed E-state index contributed by atoms with van der Waals surface area (Å²) in [6.45, 7) is 4.54. The van der Waals surface area contributed by atoms with Gasteiger partial charge in [-0.1, -0.05) is 36.4 Å². The summed E-state index contributed by atoms with van der Waals surface area (Å²) in [4.78, 5) is 30.9. The van der Waals surface area contributed by atoms with E-state index in [9.17, 15) is 9.59 Å². The summed E-state index contributed by atoms with van der Waals surface area (Å²) in [6, 6.07) is 16.6. The lowest BCUT2D eigenvalue weighted by Gasteiger charge is -2.42. The van der Waals surface area contributed by atoms with Crippen LogP contribution in [0.2, 0.25) is 0 Å². The molecular weight excluding hydrogens is 492 g/mol. The van der Waals surface area contributed by atoms with Gasteiger partial charge in [-0.25, -0.2) is 9.59 Å². The fourth-order valence-corrected chi connectivity index (χ4v) is 5.23. The number of carbonyl (C=O) groups is 2. The van der Waals surface area contributed by atoms with E-state index < -0.39 is 12.2 Å². The lowest BCUT2D eigenvalue weighted by molar-refractivity contribution is 0.0807. The molecule has 0 radical (unpaired) electrons. The van der Waals surface area contributed by atoms with Gasteiger partial charge in [-0.05, 0) is 43.3 Å². The number of methoxy groups -OCH3 is 2. The van der Waals surface area contributed by atoms with Gasteiger partial charge in [-0.2, -0.15) is 0 Å². The summed E-state index contributed by atoms with van der Waals surface area (Å²) in [5.41, 5.74) is 2.34. The summed E-state index contributed by atoms with van der Waals surface area (Å²) < 4.78 is 22.3. The fourth-order valence-electron chi connectivity index (χ4n) is 4.61. The summed E-state index contributed by atoms with van der Waals surface area (Å²) in [7, 11) is 3.11. The second kappa shape index (κ2) is 12.0. The van der Waals surface area contributed by atoms with Crippen molar-refractivity contribution < 1.29 is 28.5 Å². The number of benzene rings is 2. The molecule has 9 heteroatoms. The quantitative estimate of drug-likeness (QED) is 0.339. The van der Waals surface area contributed by atoms with E-state index in [-0.39, 0.29) is 25.3 Å². The summed E-state index contributed by atoms with van der Waals surface area (Å²) in [5.74, 6) is 0.993. The maximum Gasteiger partial charge on any atom is 0.414 e. The number of rotatable bonds is 8. The number of nitrogens with zero attached hydrogens (tertiary/aromatic N) is 2. The maximum absolute atomic E-state index is 13.4. The van der Waals surface area contributed by atoms with Gasteiger partial charge in [0, 0.05) is 29.1 Å². The minimum Gasteiger partial charge on any atom is -0.493 e. The highest BCUT2D eigenvalue weighted by molar-refractivity contribution is 7.09. The molecule has 1 aliphatic rings. The first kappa shape index (κ1) is 26.3. The van der Waals surface area contributed by atoms with Gasteiger partial charge < -0.3 is 18.9 Å². The molecule has 2 amide bonds. The Morgan fingerprint density at radius 3 is 2.41 bits per heavy atom. The van der Waals surface area contributed by atoms with Crippen LogP contribution in [0.25, 0.3) is 0 Å². The van der Waals surface area contributed by atoms with Crippen molar-refractivity contribution >= 4 is 29.2 Å². The number of amides is 2. The Bertz CT molecular complexity index is 1200. The number of hydrogen-bond acceptors (Lipinski definition) is 7. The molecule has 0 unspecified atom stereocenters. The van der Waals surface area contributed by atoms with Crippen LogP contribution < -0.4 is 14.4 Å². The molecule has 1 aromatic heterocycles. The van der Waals surface area contributed by atoms with E-state index in [2.05, 4.69) is 0 Å². The third-order valence-electron chi connectivity index (χ3n) is 6.35. The second-order valence-corrected chi connectivity index (χ2v) is 9.72. The molecule has 4 rings (SSSR count). The smallest absolute Gasteiger partial charge is 0.414 e. The predicted molar refractivity (Wildman–Crippen MR) is 142 cm³/mol. The normalized spacial score (nSPS) is 16.5. The molecule has 0 aliphatic carbocycles. The minimum absolute atomic E-state index is 0.189. The fraction of sp³-hybridized carbons (Fsp3) is 0.357.